The van der Waals surface area contributed by atoms with E-state index in [0.717, 1.165) is 24.8 Å². The molecule has 1 fully saturated rings. The summed E-state index contributed by atoms with van der Waals surface area (Å²) in [7, 11) is 0. The number of thioether (sulfide) groups is 1. The lowest BCUT2D eigenvalue weighted by Crippen LogP contribution is -2.19. The fourth-order valence-electron chi connectivity index (χ4n) is 2.64. The van der Waals surface area contributed by atoms with Crippen molar-refractivity contribution in [1.82, 2.24) is 9.78 Å². The molecule has 22 heavy (non-hydrogen) atoms. The number of fused-ring (bicyclic) bond motifs is 1. The average molecular weight is 395 g/mol. The molecule has 1 saturated heterocycles. The molecule has 120 valence electrons. The van der Waals surface area contributed by atoms with Crippen molar-refractivity contribution in [2.45, 2.75) is 42.8 Å². The van der Waals surface area contributed by atoms with Crippen molar-refractivity contribution >= 4 is 38.6 Å². The Kier molecular flexibility index (Phi) is 4.44. The summed E-state index contributed by atoms with van der Waals surface area (Å²) in [5.41, 5.74) is -2.95. The number of rotatable bonds is 2. The van der Waals surface area contributed by atoms with Crippen molar-refractivity contribution in [2.75, 3.05) is 6.61 Å². The quantitative estimate of drug-likeness (QED) is 0.636. The van der Waals surface area contributed by atoms with Gasteiger partial charge in [0.25, 0.3) is 0 Å². The van der Waals surface area contributed by atoms with E-state index in [1.807, 2.05) is 0 Å². The van der Waals surface area contributed by atoms with Crippen molar-refractivity contribution in [1.29, 1.82) is 0 Å². The second-order valence-corrected chi connectivity index (χ2v) is 7.10. The zero-order valence-corrected chi connectivity index (χ0v) is 14.2. The first-order chi connectivity index (χ1) is 10.4. The maximum Gasteiger partial charge on any atom is 0.446 e. The van der Waals surface area contributed by atoms with Crippen LogP contribution in [0.2, 0.25) is 0 Å². The molecule has 1 unspecified atom stereocenters. The molecule has 3 nitrogen and oxygen atoms in total. The number of alkyl halides is 3. The minimum absolute atomic E-state index is 0.101. The second kappa shape index (κ2) is 6.05. The fraction of sp³-hybridized carbons (Fsp3) is 0.500. The Hall–Kier alpha value is -0.730. The Labute approximate surface area is 138 Å². The first-order valence-electron chi connectivity index (χ1n) is 6.90. The van der Waals surface area contributed by atoms with Gasteiger partial charge in [0.05, 0.1) is 11.7 Å². The largest absolute Gasteiger partial charge is 0.446 e. The Morgan fingerprint density at radius 2 is 2.18 bits per heavy atom. The molecule has 1 aliphatic rings. The van der Waals surface area contributed by atoms with Gasteiger partial charge in [-0.2, -0.15) is 18.3 Å². The number of ether oxygens (including phenoxy) is 1. The number of benzene rings is 1. The molecule has 0 aliphatic carbocycles. The van der Waals surface area contributed by atoms with E-state index in [1.165, 1.54) is 0 Å². The summed E-state index contributed by atoms with van der Waals surface area (Å²) in [6.07, 6.45) is 4.42. The molecule has 0 N–H and O–H groups in total. The summed E-state index contributed by atoms with van der Waals surface area (Å²) in [6.45, 7) is 2.37. The van der Waals surface area contributed by atoms with Gasteiger partial charge in [-0.05, 0) is 65.5 Å². The summed E-state index contributed by atoms with van der Waals surface area (Å²) in [4.78, 5) is 0.184. The first kappa shape index (κ1) is 16.1. The normalized spacial score (nSPS) is 19.8. The van der Waals surface area contributed by atoms with E-state index < -0.39 is 5.51 Å². The van der Waals surface area contributed by atoms with Crippen LogP contribution in [0.25, 0.3) is 10.9 Å². The van der Waals surface area contributed by atoms with Gasteiger partial charge in [-0.15, -0.1) is 0 Å². The maximum absolute atomic E-state index is 12.7. The molecule has 0 saturated carbocycles. The summed E-state index contributed by atoms with van der Waals surface area (Å²) in [5.74, 6) is 0. The number of nitrogens with zero attached hydrogens (tertiary/aromatic N) is 2. The number of hydrogen-bond donors (Lipinski definition) is 0. The standard InChI is InChI=1S/C14H14BrF3N2OS/c1-8-6-10-9(12(15)13(8)22-14(16,17)18)7-19-20(10)11-4-2-3-5-21-11/h6-7,11H,2-5H2,1H3. The SMILES string of the molecule is Cc1cc2c(cnn2C2CCCCO2)c(Br)c1SC(F)(F)F. The second-order valence-electron chi connectivity index (χ2n) is 5.23. The zero-order valence-electron chi connectivity index (χ0n) is 11.8. The fourth-order valence-corrected chi connectivity index (χ4v) is 4.15. The Balaban J connectivity index is 2.06. The topological polar surface area (TPSA) is 27.1 Å². The van der Waals surface area contributed by atoms with Gasteiger partial charge in [-0.3, -0.25) is 0 Å². The lowest BCUT2D eigenvalue weighted by molar-refractivity contribution is -0.0367. The van der Waals surface area contributed by atoms with E-state index in [1.54, 1.807) is 23.9 Å². The molecule has 3 rings (SSSR count). The monoisotopic (exact) mass is 394 g/mol. The van der Waals surface area contributed by atoms with Crippen LogP contribution in [0.4, 0.5) is 13.2 Å². The van der Waals surface area contributed by atoms with Crippen LogP contribution in [0.15, 0.2) is 21.6 Å². The molecule has 2 aromatic rings. The number of hydrogen-bond acceptors (Lipinski definition) is 3. The molecule has 1 aliphatic heterocycles. The van der Waals surface area contributed by atoms with Gasteiger partial charge in [-0.1, -0.05) is 0 Å². The van der Waals surface area contributed by atoms with Crippen molar-refractivity contribution in [2.24, 2.45) is 0 Å². The van der Waals surface area contributed by atoms with Crippen LogP contribution in [0.1, 0.15) is 31.1 Å². The lowest BCUT2D eigenvalue weighted by Gasteiger charge is -2.23. The third kappa shape index (κ3) is 3.14. The molecule has 2 heterocycles. The van der Waals surface area contributed by atoms with Gasteiger partial charge >= 0.3 is 5.51 Å². The van der Waals surface area contributed by atoms with E-state index >= 15 is 0 Å². The highest BCUT2D eigenvalue weighted by atomic mass is 79.9. The molecule has 0 bridgehead atoms. The molecule has 1 atom stereocenters. The third-order valence-corrected chi connectivity index (χ3v) is 5.68. The van der Waals surface area contributed by atoms with Crippen LogP contribution in [0.5, 0.6) is 0 Å². The van der Waals surface area contributed by atoms with E-state index in [4.69, 9.17) is 4.74 Å². The first-order valence-corrected chi connectivity index (χ1v) is 8.51. The third-order valence-electron chi connectivity index (χ3n) is 3.63. The zero-order chi connectivity index (χ0) is 15.9. The molecular weight excluding hydrogens is 381 g/mol. The van der Waals surface area contributed by atoms with Crippen molar-refractivity contribution in [3.63, 3.8) is 0 Å². The van der Waals surface area contributed by atoms with E-state index in [9.17, 15) is 13.2 Å². The lowest BCUT2D eigenvalue weighted by atomic mass is 10.1. The highest BCUT2D eigenvalue weighted by Crippen LogP contribution is 2.45. The molecule has 8 heteroatoms. The van der Waals surface area contributed by atoms with Gasteiger partial charge in [0, 0.05) is 21.4 Å². The predicted molar refractivity (Wildman–Crippen MR) is 82.9 cm³/mol. The average Bonchev–Trinajstić information content (AvgIpc) is 2.87. The van der Waals surface area contributed by atoms with Crippen molar-refractivity contribution < 1.29 is 17.9 Å². The van der Waals surface area contributed by atoms with Crippen molar-refractivity contribution in [3.05, 3.63) is 22.3 Å². The van der Waals surface area contributed by atoms with Crippen LogP contribution >= 0.6 is 27.7 Å². The minimum Gasteiger partial charge on any atom is -0.356 e. The number of aromatic nitrogens is 2. The van der Waals surface area contributed by atoms with E-state index in [2.05, 4.69) is 21.0 Å². The maximum atomic E-state index is 12.7. The molecule has 0 radical (unpaired) electrons. The molecule has 0 amide bonds. The van der Waals surface area contributed by atoms with Crippen LogP contribution in [0.3, 0.4) is 0 Å². The Morgan fingerprint density at radius 3 is 2.82 bits per heavy atom. The number of halogens is 4. The van der Waals surface area contributed by atoms with Gasteiger partial charge in [0.15, 0.2) is 6.23 Å². The minimum atomic E-state index is -4.32. The van der Waals surface area contributed by atoms with Crippen LogP contribution in [0, 0.1) is 6.92 Å². The van der Waals surface area contributed by atoms with Crippen LogP contribution in [-0.2, 0) is 4.74 Å². The summed E-state index contributed by atoms with van der Waals surface area (Å²) >= 11 is 3.21. The summed E-state index contributed by atoms with van der Waals surface area (Å²) in [6, 6.07) is 1.75. The summed E-state index contributed by atoms with van der Waals surface area (Å²) < 4.78 is 46.0. The Bertz CT molecular complexity index is 695. The number of aryl methyl sites for hydroxylation is 1. The highest BCUT2D eigenvalue weighted by molar-refractivity contribution is 9.10. The van der Waals surface area contributed by atoms with Crippen LogP contribution < -0.4 is 0 Å². The van der Waals surface area contributed by atoms with E-state index in [-0.39, 0.29) is 22.9 Å². The molecule has 0 spiro atoms. The molecule has 1 aromatic heterocycles. The molecular formula is C14H14BrF3N2OS. The Morgan fingerprint density at radius 1 is 1.41 bits per heavy atom. The van der Waals surface area contributed by atoms with Gasteiger partial charge in [-0.25, -0.2) is 4.68 Å². The van der Waals surface area contributed by atoms with Crippen LogP contribution in [-0.4, -0.2) is 21.9 Å². The smallest absolute Gasteiger partial charge is 0.356 e. The predicted octanol–water partition coefficient (Wildman–Crippen LogP) is 5.42. The van der Waals surface area contributed by atoms with Gasteiger partial charge in [0.2, 0.25) is 0 Å². The highest BCUT2D eigenvalue weighted by Gasteiger charge is 2.32. The van der Waals surface area contributed by atoms with Gasteiger partial charge < -0.3 is 4.74 Å². The summed E-state index contributed by atoms with van der Waals surface area (Å²) in [5, 5.41) is 5.00. The molecule has 1 aromatic carbocycles. The van der Waals surface area contributed by atoms with Crippen molar-refractivity contribution in [3.8, 4) is 0 Å². The van der Waals surface area contributed by atoms with E-state index in [0.29, 0.717) is 22.0 Å². The van der Waals surface area contributed by atoms with Gasteiger partial charge in [0.1, 0.15) is 0 Å².